The van der Waals surface area contributed by atoms with Gasteiger partial charge in [-0.2, -0.15) is 0 Å². The highest BCUT2D eigenvalue weighted by Gasteiger charge is 2.48. The van der Waals surface area contributed by atoms with E-state index in [2.05, 4.69) is 45.9 Å². The van der Waals surface area contributed by atoms with Crippen LogP contribution in [0.5, 0.6) is 0 Å². The smallest absolute Gasteiger partial charge is 0.336 e. The quantitative estimate of drug-likeness (QED) is 0.431. The van der Waals surface area contributed by atoms with Crippen LogP contribution in [0.25, 0.3) is 5.57 Å². The van der Waals surface area contributed by atoms with Crippen molar-refractivity contribution in [2.45, 2.75) is 44.2 Å². The van der Waals surface area contributed by atoms with Crippen LogP contribution in [0.15, 0.2) is 65.4 Å². The minimum Gasteiger partial charge on any atom is -0.478 e. The number of carboxylic acid groups (broad SMARTS) is 2. The molecule has 0 amide bonds. The van der Waals surface area contributed by atoms with E-state index in [1.54, 1.807) is 12.1 Å². The van der Waals surface area contributed by atoms with Gasteiger partial charge >= 0.3 is 11.9 Å². The number of aromatic carboxylic acids is 2. The van der Waals surface area contributed by atoms with Crippen molar-refractivity contribution >= 4 is 42.2 Å². The van der Waals surface area contributed by atoms with Crippen molar-refractivity contribution in [1.82, 2.24) is 0 Å². The molecule has 0 bridgehead atoms. The fourth-order valence-corrected chi connectivity index (χ4v) is 12.8. The molecule has 2 aromatic rings. The number of fused-ring (bicyclic) bond motifs is 4. The van der Waals surface area contributed by atoms with Gasteiger partial charge in [0.15, 0.2) is 5.71 Å². The third-order valence-electron chi connectivity index (χ3n) is 9.49. The van der Waals surface area contributed by atoms with E-state index in [4.69, 9.17) is 0 Å². The average molecular weight is 538 g/mol. The van der Waals surface area contributed by atoms with Gasteiger partial charge in [-0.3, -0.25) is 0 Å². The van der Waals surface area contributed by atoms with Crippen LogP contribution in [0.2, 0.25) is 12.1 Å². The molecule has 1 spiro atoms. The van der Waals surface area contributed by atoms with Crippen molar-refractivity contribution in [2.75, 3.05) is 31.1 Å². The lowest BCUT2D eigenvalue weighted by Gasteiger charge is -2.45. The Morgan fingerprint density at radius 1 is 0.821 bits per heavy atom. The van der Waals surface area contributed by atoms with Crippen LogP contribution in [-0.2, 0) is 0 Å². The second kappa shape index (κ2) is 9.19. The van der Waals surface area contributed by atoms with Crippen molar-refractivity contribution in [2.24, 2.45) is 0 Å². The Morgan fingerprint density at radius 3 is 2.23 bits per heavy atom. The second-order valence-corrected chi connectivity index (χ2v) is 15.8. The minimum absolute atomic E-state index is 0.00704. The summed E-state index contributed by atoms with van der Waals surface area (Å²) in [5.41, 5.74) is 6.41. The standard InChI is InChI=1S/C32H32N2O4Si/c35-31(36)21-6-9-24(27(18-21)32(37)38)30-25-10-7-22(33-12-4-13-33)19-28(25)39(16-2-1-3-17-39)29-20-23(8-11-26(29)30)34-14-5-15-34/h6-11,18-20H,1-5,12-17H2,(H-,35,36,37,38)/p+1. The molecule has 7 heteroatoms. The summed E-state index contributed by atoms with van der Waals surface area (Å²) in [7, 11) is -2.11. The number of hydrogen-bond donors (Lipinski definition) is 2. The van der Waals surface area contributed by atoms with Gasteiger partial charge in [-0.05, 0) is 81.5 Å². The first kappa shape index (κ1) is 24.3. The molecule has 198 valence electrons. The monoisotopic (exact) mass is 537 g/mol. The van der Waals surface area contributed by atoms with Gasteiger partial charge in [0.05, 0.1) is 17.5 Å². The third-order valence-corrected chi connectivity index (χ3v) is 14.8. The van der Waals surface area contributed by atoms with Crippen molar-refractivity contribution in [3.8, 4) is 0 Å². The van der Waals surface area contributed by atoms with Gasteiger partial charge in [-0.25, -0.2) is 14.2 Å². The van der Waals surface area contributed by atoms with Crippen LogP contribution >= 0.6 is 0 Å². The number of benzene rings is 2. The third kappa shape index (κ3) is 3.78. The zero-order chi connectivity index (χ0) is 26.7. The van der Waals surface area contributed by atoms with Gasteiger partial charge in [0.25, 0.3) is 0 Å². The molecule has 2 N–H and O–H groups in total. The number of carboxylic acids is 2. The van der Waals surface area contributed by atoms with Gasteiger partial charge in [0, 0.05) is 30.9 Å². The van der Waals surface area contributed by atoms with Crippen LogP contribution in [0, 0.1) is 0 Å². The van der Waals surface area contributed by atoms with Gasteiger partial charge in [0.1, 0.15) is 21.2 Å². The Kier molecular flexibility index (Phi) is 5.74. The molecule has 6 nitrogen and oxygen atoms in total. The Balaban J connectivity index is 1.53. The fraction of sp³-hybridized carbons (Fsp3) is 0.344. The molecule has 0 saturated carbocycles. The summed E-state index contributed by atoms with van der Waals surface area (Å²) in [6.07, 6.45) is 13.0. The molecule has 3 fully saturated rings. The summed E-state index contributed by atoms with van der Waals surface area (Å²) in [5.74, 6) is -2.22. The zero-order valence-corrected chi connectivity index (χ0v) is 23.1. The van der Waals surface area contributed by atoms with Crippen LogP contribution < -0.4 is 10.1 Å². The van der Waals surface area contributed by atoms with E-state index < -0.39 is 20.0 Å². The predicted molar refractivity (Wildman–Crippen MR) is 155 cm³/mol. The van der Waals surface area contributed by atoms with Gasteiger partial charge in [0.2, 0.25) is 0 Å². The Morgan fingerprint density at radius 2 is 1.59 bits per heavy atom. The summed E-state index contributed by atoms with van der Waals surface area (Å²) < 4.78 is 2.45. The number of rotatable bonds is 4. The van der Waals surface area contributed by atoms with Gasteiger partial charge < -0.3 is 15.1 Å². The highest BCUT2D eigenvalue weighted by Crippen LogP contribution is 2.48. The van der Waals surface area contributed by atoms with Crippen LogP contribution in [0.3, 0.4) is 0 Å². The Bertz CT molecular complexity index is 1550. The second-order valence-electron chi connectivity index (χ2n) is 11.5. The first-order chi connectivity index (χ1) is 19.0. The molecule has 2 aromatic carbocycles. The zero-order valence-electron chi connectivity index (χ0n) is 22.1. The predicted octanol–water partition coefficient (Wildman–Crippen LogP) is 4.84. The van der Waals surface area contributed by atoms with E-state index in [0.29, 0.717) is 5.56 Å². The summed E-state index contributed by atoms with van der Waals surface area (Å²) in [6, 6.07) is 13.9. The normalized spacial score (nSPS) is 21.1. The van der Waals surface area contributed by atoms with Gasteiger partial charge in [-0.15, -0.1) is 0 Å². The summed E-state index contributed by atoms with van der Waals surface area (Å²) >= 11 is 0. The molecule has 39 heavy (non-hydrogen) atoms. The number of nitrogens with zero attached hydrogens (tertiary/aromatic N) is 2. The van der Waals surface area contributed by atoms with Crippen molar-refractivity contribution in [3.63, 3.8) is 0 Å². The fourth-order valence-electron chi connectivity index (χ4n) is 7.18. The van der Waals surface area contributed by atoms with Crippen molar-refractivity contribution < 1.29 is 24.4 Å². The van der Waals surface area contributed by atoms with Crippen molar-refractivity contribution in [3.05, 3.63) is 87.6 Å². The highest BCUT2D eigenvalue weighted by atomic mass is 28.3. The largest absolute Gasteiger partial charge is 0.478 e. The van der Waals surface area contributed by atoms with E-state index in [-0.39, 0.29) is 11.1 Å². The molecule has 0 unspecified atom stereocenters. The minimum atomic E-state index is -2.11. The molecular weight excluding hydrogens is 504 g/mol. The summed E-state index contributed by atoms with van der Waals surface area (Å²) in [5, 5.41) is 22.7. The van der Waals surface area contributed by atoms with E-state index >= 15 is 0 Å². The van der Waals surface area contributed by atoms with E-state index in [9.17, 15) is 19.8 Å². The molecule has 0 aromatic heterocycles. The molecule has 0 atom stereocenters. The molecule has 3 saturated heterocycles. The molecule has 4 aliphatic heterocycles. The number of carbonyl (C=O) groups is 2. The lowest BCUT2D eigenvalue weighted by atomic mass is 9.86. The lowest BCUT2D eigenvalue weighted by Crippen LogP contribution is -2.56. The van der Waals surface area contributed by atoms with E-state index in [1.165, 1.54) is 72.0 Å². The van der Waals surface area contributed by atoms with Crippen molar-refractivity contribution in [1.29, 1.82) is 0 Å². The van der Waals surface area contributed by atoms with Crippen LogP contribution in [-0.4, -0.2) is 66.7 Å². The number of hydrogen-bond acceptors (Lipinski definition) is 3. The number of anilines is 1. The van der Waals surface area contributed by atoms with Gasteiger partial charge in [-0.1, -0.05) is 31.4 Å². The summed E-state index contributed by atoms with van der Waals surface area (Å²) in [4.78, 5) is 26.7. The Labute approximate surface area is 229 Å². The van der Waals surface area contributed by atoms with Crippen LogP contribution in [0.1, 0.15) is 63.9 Å². The first-order valence-corrected chi connectivity index (χ1v) is 16.7. The first-order valence-electron chi connectivity index (χ1n) is 14.2. The Hall–Kier alpha value is -3.71. The molecule has 4 heterocycles. The topological polar surface area (TPSA) is 80.8 Å². The maximum absolute atomic E-state index is 12.5. The van der Waals surface area contributed by atoms with E-state index in [1.807, 2.05) is 0 Å². The maximum Gasteiger partial charge on any atom is 0.336 e. The average Bonchev–Trinajstić information content (AvgIpc) is 2.88. The maximum atomic E-state index is 12.5. The SMILES string of the molecule is O=C(O)c1ccc(C2=C3C=CC(=[N+]4CCC4)C=C3[Si]3(CCCCC3)c3cc(N4CCC4)ccc32)c(C(=O)O)c1. The van der Waals surface area contributed by atoms with E-state index in [0.717, 1.165) is 42.9 Å². The molecular formula is C32H33N2O4Si+. The molecule has 0 radical (unpaired) electrons. The molecule has 1 aliphatic carbocycles. The number of allylic oxidation sites excluding steroid dienone is 5. The molecule has 5 aliphatic rings. The molecule has 7 rings (SSSR count). The van der Waals surface area contributed by atoms with Crippen LogP contribution in [0.4, 0.5) is 5.69 Å². The summed E-state index contributed by atoms with van der Waals surface area (Å²) in [6.45, 7) is 4.33. The lowest BCUT2D eigenvalue weighted by molar-refractivity contribution is -0.582. The highest BCUT2D eigenvalue weighted by molar-refractivity contribution is 7.00.